The van der Waals surface area contributed by atoms with E-state index in [-0.39, 0.29) is 89.6 Å². The predicted molar refractivity (Wildman–Crippen MR) is 257 cm³/mol. The smallest absolute Gasteiger partial charge is 0.410 e. The van der Waals surface area contributed by atoms with Gasteiger partial charge in [0.15, 0.2) is 23.0 Å². The maximum atomic E-state index is 15.1. The second-order valence-corrected chi connectivity index (χ2v) is 17.9. The number of anilines is 4. The summed E-state index contributed by atoms with van der Waals surface area (Å²) >= 11 is 9.42. The van der Waals surface area contributed by atoms with E-state index in [9.17, 15) is 23.2 Å². The van der Waals surface area contributed by atoms with E-state index in [4.69, 9.17) is 31.8 Å². The van der Waals surface area contributed by atoms with Crippen molar-refractivity contribution in [2.75, 3.05) is 74.3 Å². The monoisotopic (exact) mass is 1040 g/mol. The molecule has 1 aliphatic carbocycles. The molecule has 0 bridgehead atoms. The highest BCUT2D eigenvalue weighted by molar-refractivity contribution is 9.10. The number of imidazole rings is 1. The van der Waals surface area contributed by atoms with Crippen molar-refractivity contribution < 1.29 is 37.0 Å². The SMILES string of the molecule is C=C(COC(=O)N1CCN(c2nc(NCc3nc4c(F)c(Cl)ccc4[nH]3)n3ncc(Br)c3n2)CC1)C(=O)N(C)CCOc1c(N)ncnc1-c1cc(F)cc(NC(=O)c2ccc(C3CC3)cc2F)c1C. The first-order chi connectivity index (χ1) is 33.6. The van der Waals surface area contributed by atoms with Gasteiger partial charge in [-0.3, -0.25) is 9.59 Å². The lowest BCUT2D eigenvalue weighted by Crippen LogP contribution is -2.49. The summed E-state index contributed by atoms with van der Waals surface area (Å²) in [5, 5.41) is 10.1. The first kappa shape index (κ1) is 47.5. The lowest BCUT2D eigenvalue weighted by atomic mass is 10.0. The summed E-state index contributed by atoms with van der Waals surface area (Å²) < 4.78 is 58.2. The van der Waals surface area contributed by atoms with Crippen LogP contribution in [-0.2, 0) is 16.1 Å². The van der Waals surface area contributed by atoms with Gasteiger partial charge in [-0.25, -0.2) is 32.9 Å². The minimum absolute atomic E-state index is 0.00568. The van der Waals surface area contributed by atoms with Crippen LogP contribution in [0.1, 0.15) is 46.1 Å². The molecule has 1 saturated carbocycles. The van der Waals surface area contributed by atoms with Crippen LogP contribution in [0.2, 0.25) is 5.02 Å². The quantitative estimate of drug-likeness (QED) is 0.0741. The van der Waals surface area contributed by atoms with E-state index in [1.807, 2.05) is 4.90 Å². The molecule has 0 atom stereocenters. The summed E-state index contributed by atoms with van der Waals surface area (Å²) in [5.41, 5.74) is 8.79. The number of amides is 3. The van der Waals surface area contributed by atoms with E-state index in [0.717, 1.165) is 24.5 Å². The Morgan fingerprint density at radius 3 is 2.59 bits per heavy atom. The van der Waals surface area contributed by atoms with Crippen molar-refractivity contribution in [1.82, 2.24) is 49.3 Å². The van der Waals surface area contributed by atoms with Crippen LogP contribution in [0.4, 0.5) is 41.4 Å². The number of carbonyl (C=O) groups excluding carboxylic acids is 3. The first-order valence-corrected chi connectivity index (χ1v) is 23.0. The number of aromatic nitrogens is 8. The van der Waals surface area contributed by atoms with Gasteiger partial charge in [0, 0.05) is 50.1 Å². The van der Waals surface area contributed by atoms with Crippen molar-refractivity contribution in [3.8, 4) is 17.0 Å². The number of H-pyrrole nitrogens is 1. The normalized spacial score (nSPS) is 13.7. The number of likely N-dealkylation sites (N-methyl/N-ethyl adjacent to an activating group) is 1. The lowest BCUT2D eigenvalue weighted by molar-refractivity contribution is -0.126. The third kappa shape index (κ3) is 9.97. The second kappa shape index (κ2) is 19.8. The maximum Gasteiger partial charge on any atom is 0.410 e. The number of aromatic amines is 1. The van der Waals surface area contributed by atoms with Gasteiger partial charge in [0.1, 0.15) is 48.2 Å². The number of hydrogen-bond donors (Lipinski definition) is 4. The number of halogens is 5. The van der Waals surface area contributed by atoms with Crippen LogP contribution in [0.25, 0.3) is 27.9 Å². The summed E-state index contributed by atoms with van der Waals surface area (Å²) in [6, 6.07) is 9.92. The molecule has 2 aliphatic rings. The van der Waals surface area contributed by atoms with Gasteiger partial charge in [-0.2, -0.15) is 19.6 Å². The summed E-state index contributed by atoms with van der Waals surface area (Å²) in [6.45, 7) is 6.37. The van der Waals surface area contributed by atoms with E-state index < -0.39 is 35.4 Å². The van der Waals surface area contributed by atoms with Crippen molar-refractivity contribution in [3.05, 3.63) is 117 Å². The minimum Gasteiger partial charge on any atom is -0.486 e. The molecule has 4 aromatic heterocycles. The standard InChI is InChI=1S/C46H43BrClF3N14O5/c1-23(21-70-46(68)64-12-10-63(11-13-64)45-60-41-30(47)19-56-65(41)44(61-45)53-20-35-57-33-9-8-31(48)36(51)38(33)59-35)43(67)62(3)14-15-69-39-37(54-22-55-40(39)52)29-17-27(49)18-34(24(29)2)58-42(66)28-7-6-26(16-32(28)50)25-4-5-25/h6-9,16-19,22,25H,1,4-5,10-15,20-21H2,2-3H3,(H,57,59)(H,58,66)(H2,52,54,55)(H,53,60,61). The number of fused-ring (bicyclic) bond motifs is 2. The van der Waals surface area contributed by atoms with Gasteiger partial charge >= 0.3 is 6.09 Å². The van der Waals surface area contributed by atoms with E-state index in [1.165, 1.54) is 52.0 Å². The van der Waals surface area contributed by atoms with Crippen LogP contribution in [0.3, 0.4) is 0 Å². The predicted octanol–water partition coefficient (Wildman–Crippen LogP) is 7.28. The molecule has 0 unspecified atom stereocenters. The number of nitrogens with two attached hydrogens (primary N) is 1. The Labute approximate surface area is 410 Å². The summed E-state index contributed by atoms with van der Waals surface area (Å²) in [6.07, 6.45) is 4.07. The van der Waals surface area contributed by atoms with Crippen LogP contribution in [-0.4, -0.2) is 120 Å². The van der Waals surface area contributed by atoms with Crippen molar-refractivity contribution >= 4 is 85.5 Å². The molecule has 7 aromatic rings. The summed E-state index contributed by atoms with van der Waals surface area (Å²) in [5.74, 6) is -1.86. The Kier molecular flexibility index (Phi) is 13.5. The summed E-state index contributed by atoms with van der Waals surface area (Å²) in [4.78, 5) is 69.4. The van der Waals surface area contributed by atoms with Crippen molar-refractivity contribution in [1.29, 1.82) is 0 Å². The molecular weight excluding hydrogens is 1000 g/mol. The highest BCUT2D eigenvalue weighted by Gasteiger charge is 2.28. The molecule has 362 valence electrons. The number of benzene rings is 3. The van der Waals surface area contributed by atoms with Crippen LogP contribution >= 0.6 is 27.5 Å². The van der Waals surface area contributed by atoms with Crippen LogP contribution in [0.5, 0.6) is 5.75 Å². The number of nitrogens with zero attached hydrogens (tertiary/aromatic N) is 10. The largest absolute Gasteiger partial charge is 0.486 e. The average Bonchev–Trinajstić information content (AvgIpc) is 4.02. The van der Waals surface area contributed by atoms with Crippen LogP contribution in [0.15, 0.2) is 71.6 Å². The van der Waals surface area contributed by atoms with Crippen molar-refractivity contribution in [3.63, 3.8) is 0 Å². The number of hydrogen-bond acceptors (Lipinski definition) is 14. The Hall–Kier alpha value is -7.53. The van der Waals surface area contributed by atoms with Gasteiger partial charge in [-0.05, 0) is 89.1 Å². The molecule has 19 nitrogen and oxygen atoms in total. The molecule has 70 heavy (non-hydrogen) atoms. The van der Waals surface area contributed by atoms with Gasteiger partial charge in [-0.15, -0.1) is 0 Å². The zero-order valence-corrected chi connectivity index (χ0v) is 39.9. The van der Waals surface area contributed by atoms with E-state index >= 15 is 4.39 Å². The van der Waals surface area contributed by atoms with Gasteiger partial charge in [0.2, 0.25) is 11.9 Å². The van der Waals surface area contributed by atoms with Crippen LogP contribution in [0, 0.1) is 24.4 Å². The molecule has 9 rings (SSSR count). The minimum atomic E-state index is -0.750. The Balaban J connectivity index is 0.763. The van der Waals surface area contributed by atoms with Crippen molar-refractivity contribution in [2.24, 2.45) is 0 Å². The van der Waals surface area contributed by atoms with E-state index in [1.54, 1.807) is 25.3 Å². The van der Waals surface area contributed by atoms with Gasteiger partial charge in [-0.1, -0.05) is 24.2 Å². The van der Waals surface area contributed by atoms with E-state index in [2.05, 4.69) is 63.2 Å². The molecule has 1 saturated heterocycles. The highest BCUT2D eigenvalue weighted by Crippen LogP contribution is 2.41. The molecule has 24 heteroatoms. The maximum absolute atomic E-state index is 15.1. The molecule has 0 spiro atoms. The molecule has 1 aliphatic heterocycles. The fourth-order valence-electron chi connectivity index (χ4n) is 7.81. The Morgan fingerprint density at radius 2 is 1.83 bits per heavy atom. The number of piperazine rings is 1. The molecule has 3 aromatic carbocycles. The fourth-order valence-corrected chi connectivity index (χ4v) is 8.31. The van der Waals surface area contributed by atoms with Gasteiger partial charge in [0.05, 0.1) is 39.9 Å². The number of nitrogens with one attached hydrogen (secondary N) is 3. The van der Waals surface area contributed by atoms with Crippen molar-refractivity contribution in [2.45, 2.75) is 32.2 Å². The van der Waals surface area contributed by atoms with Gasteiger partial charge < -0.3 is 45.5 Å². The number of ether oxygens (including phenoxy) is 2. The fraction of sp³-hybridized carbons (Fsp3) is 0.283. The highest BCUT2D eigenvalue weighted by atomic mass is 79.9. The van der Waals surface area contributed by atoms with Crippen LogP contribution < -0.4 is 26.0 Å². The molecule has 3 amide bonds. The molecule has 2 fully saturated rings. The zero-order valence-electron chi connectivity index (χ0n) is 37.5. The molecular formula is C46H43BrClF3N14O5. The third-order valence-corrected chi connectivity index (χ3v) is 12.7. The Bertz CT molecular complexity index is 3220. The zero-order chi connectivity index (χ0) is 49.4. The third-order valence-electron chi connectivity index (χ3n) is 11.8. The van der Waals surface area contributed by atoms with Gasteiger partial charge in [0.25, 0.3) is 11.8 Å². The molecule has 5 N–H and O–H groups in total. The Morgan fingerprint density at radius 1 is 1.04 bits per heavy atom. The molecule has 5 heterocycles. The molecule has 0 radical (unpaired) electrons. The van der Waals surface area contributed by atoms with E-state index in [0.29, 0.717) is 57.9 Å². The topological polar surface area (TPSA) is 227 Å². The second-order valence-electron chi connectivity index (χ2n) is 16.6. The summed E-state index contributed by atoms with van der Waals surface area (Å²) in [7, 11) is 1.51. The number of carbonyl (C=O) groups is 3. The number of nitrogen functional groups attached to an aromatic ring is 1. The lowest BCUT2D eigenvalue weighted by Gasteiger charge is -2.34. The first-order valence-electron chi connectivity index (χ1n) is 21.9. The average molecular weight is 1040 g/mol. The number of rotatable bonds is 15.